The highest BCUT2D eigenvalue weighted by Gasteiger charge is 2.22. The minimum absolute atomic E-state index is 0.207. The van der Waals surface area contributed by atoms with Crippen LogP contribution in [0.3, 0.4) is 0 Å². The smallest absolute Gasteiger partial charge is 0.341 e. The Morgan fingerprint density at radius 1 is 1.19 bits per heavy atom. The highest BCUT2D eigenvalue weighted by Crippen LogP contribution is 2.38. The number of aromatic carboxylic acids is 1. The molecule has 0 saturated heterocycles. The van der Waals surface area contributed by atoms with Gasteiger partial charge >= 0.3 is 5.97 Å². The van der Waals surface area contributed by atoms with Crippen LogP contribution in [0.4, 0.5) is 0 Å². The maximum Gasteiger partial charge on any atom is 0.341 e. The second-order valence-electron chi connectivity index (χ2n) is 6.75. The number of fused-ring (bicyclic) bond motifs is 3. The minimum Gasteiger partial charge on any atom is -0.493 e. The molecule has 2 heterocycles. The summed E-state index contributed by atoms with van der Waals surface area (Å²) in [6.45, 7) is 3.44. The molecule has 0 radical (unpaired) electrons. The van der Waals surface area contributed by atoms with Crippen LogP contribution in [0.2, 0.25) is 0 Å². The summed E-state index contributed by atoms with van der Waals surface area (Å²) in [7, 11) is 1.59. The minimum atomic E-state index is -1.20. The average Bonchev–Trinajstić information content (AvgIpc) is 2.66. The zero-order valence-electron chi connectivity index (χ0n) is 15.8. The zero-order valence-corrected chi connectivity index (χ0v) is 15.8. The van der Waals surface area contributed by atoms with Crippen molar-refractivity contribution in [3.63, 3.8) is 0 Å². The third kappa shape index (κ3) is 3.99. The molecule has 0 saturated carbocycles. The zero-order chi connectivity index (χ0) is 19.4. The third-order valence-electron chi connectivity index (χ3n) is 4.90. The number of carboxylic acids is 1. The van der Waals surface area contributed by atoms with Crippen molar-refractivity contribution in [1.82, 2.24) is 4.57 Å². The number of nitrogens with zero attached hydrogens (tertiary/aromatic N) is 1. The van der Waals surface area contributed by atoms with Crippen molar-refractivity contribution in [1.29, 1.82) is 0 Å². The van der Waals surface area contributed by atoms with Crippen molar-refractivity contribution in [3.8, 4) is 22.8 Å². The third-order valence-corrected chi connectivity index (χ3v) is 4.90. The van der Waals surface area contributed by atoms with Crippen molar-refractivity contribution in [2.24, 2.45) is 0 Å². The molecule has 0 unspecified atom stereocenters. The molecule has 1 N–H and O–H groups in total. The lowest BCUT2D eigenvalue weighted by molar-refractivity contribution is 0.0694. The molecule has 1 aliphatic rings. The Labute approximate surface area is 158 Å². The van der Waals surface area contributed by atoms with Crippen LogP contribution in [0, 0.1) is 0 Å². The number of aromatic nitrogens is 1. The number of carbonyl (C=O) groups is 1. The van der Waals surface area contributed by atoms with Crippen molar-refractivity contribution < 1.29 is 19.4 Å². The lowest BCUT2D eigenvalue weighted by atomic mass is 9.96. The monoisotopic (exact) mass is 371 g/mol. The van der Waals surface area contributed by atoms with Crippen LogP contribution in [-0.4, -0.2) is 29.4 Å². The van der Waals surface area contributed by atoms with Gasteiger partial charge in [-0.1, -0.05) is 26.2 Å². The molecule has 0 aliphatic carbocycles. The number of hydrogen-bond acceptors (Lipinski definition) is 4. The Balaban J connectivity index is 1.91. The molecular weight excluding hydrogens is 346 g/mol. The van der Waals surface area contributed by atoms with Crippen LogP contribution in [0.5, 0.6) is 11.5 Å². The van der Waals surface area contributed by atoms with Gasteiger partial charge in [0.05, 0.1) is 19.4 Å². The topological polar surface area (TPSA) is 77.8 Å². The van der Waals surface area contributed by atoms with Crippen molar-refractivity contribution in [3.05, 3.63) is 45.7 Å². The van der Waals surface area contributed by atoms with Gasteiger partial charge in [-0.15, -0.1) is 0 Å². The first-order valence-electron chi connectivity index (χ1n) is 9.37. The first kappa shape index (κ1) is 19.0. The van der Waals surface area contributed by atoms with Crippen LogP contribution in [0.15, 0.2) is 29.2 Å². The molecule has 0 spiro atoms. The highest BCUT2D eigenvalue weighted by atomic mass is 16.5. The van der Waals surface area contributed by atoms with Crippen molar-refractivity contribution >= 4 is 5.97 Å². The van der Waals surface area contributed by atoms with Gasteiger partial charge in [0.25, 0.3) is 0 Å². The van der Waals surface area contributed by atoms with E-state index in [4.69, 9.17) is 14.6 Å². The summed E-state index contributed by atoms with van der Waals surface area (Å²) < 4.78 is 13.2. The molecule has 0 amide bonds. The molecule has 6 heteroatoms. The largest absolute Gasteiger partial charge is 0.493 e. The Hall–Kier alpha value is -2.76. The first-order chi connectivity index (χ1) is 13.0. The quantitative estimate of drug-likeness (QED) is 0.715. The van der Waals surface area contributed by atoms with Gasteiger partial charge in [0.2, 0.25) is 0 Å². The van der Waals surface area contributed by atoms with Gasteiger partial charge in [-0.3, -0.25) is 4.79 Å². The first-order valence-corrected chi connectivity index (χ1v) is 9.37. The van der Waals surface area contributed by atoms with E-state index in [9.17, 15) is 9.59 Å². The summed E-state index contributed by atoms with van der Waals surface area (Å²) in [5.74, 6) is 0.128. The van der Waals surface area contributed by atoms with Crippen molar-refractivity contribution in [2.75, 3.05) is 13.7 Å². The Morgan fingerprint density at radius 3 is 2.70 bits per heavy atom. The van der Waals surface area contributed by atoms with E-state index in [1.807, 2.05) is 16.7 Å². The molecule has 1 aromatic carbocycles. The summed E-state index contributed by atoms with van der Waals surface area (Å²) >= 11 is 0. The fraction of sp³-hybridized carbons (Fsp3) is 0.429. The van der Waals surface area contributed by atoms with Gasteiger partial charge < -0.3 is 19.1 Å². The number of hydrogen-bond donors (Lipinski definition) is 1. The number of ether oxygens (including phenoxy) is 2. The molecule has 0 atom stereocenters. The predicted octanol–water partition coefficient (Wildman–Crippen LogP) is 3.74. The van der Waals surface area contributed by atoms with E-state index in [1.54, 1.807) is 7.11 Å². The van der Waals surface area contributed by atoms with Gasteiger partial charge in [-0.2, -0.15) is 0 Å². The average molecular weight is 371 g/mol. The molecule has 144 valence electrons. The highest BCUT2D eigenvalue weighted by molar-refractivity contribution is 5.87. The van der Waals surface area contributed by atoms with Gasteiger partial charge in [0, 0.05) is 24.4 Å². The molecule has 27 heavy (non-hydrogen) atoms. The van der Waals surface area contributed by atoms with Crippen LogP contribution >= 0.6 is 0 Å². The summed E-state index contributed by atoms with van der Waals surface area (Å²) in [6.07, 6.45) is 6.70. The number of rotatable bonds is 8. The maximum absolute atomic E-state index is 12.1. The number of benzene rings is 1. The number of unbranched alkanes of at least 4 members (excludes halogenated alkanes) is 3. The molecular formula is C21H25NO5. The van der Waals surface area contributed by atoms with E-state index in [2.05, 4.69) is 6.92 Å². The van der Waals surface area contributed by atoms with Gasteiger partial charge in [0.15, 0.2) is 16.9 Å². The van der Waals surface area contributed by atoms with E-state index >= 15 is 0 Å². The molecule has 1 aliphatic heterocycles. The second kappa shape index (κ2) is 8.29. The van der Waals surface area contributed by atoms with Crippen LogP contribution < -0.4 is 14.9 Å². The van der Waals surface area contributed by atoms with E-state index < -0.39 is 11.4 Å². The molecule has 0 fully saturated rings. The summed E-state index contributed by atoms with van der Waals surface area (Å²) in [4.78, 5) is 23.4. The molecule has 6 nitrogen and oxygen atoms in total. The molecule has 3 rings (SSSR count). The summed E-state index contributed by atoms with van der Waals surface area (Å²) in [5.41, 5.74) is 1.96. The van der Waals surface area contributed by atoms with Crippen LogP contribution in [0.25, 0.3) is 11.3 Å². The van der Waals surface area contributed by atoms with Gasteiger partial charge in [-0.05, 0) is 30.5 Å². The SMILES string of the molecule is CCCCCCOc1cc2c(cc1OC)-c1cc(=O)c(C(=O)O)cn1CC2. The lowest BCUT2D eigenvalue weighted by Gasteiger charge is -2.24. The summed E-state index contributed by atoms with van der Waals surface area (Å²) in [5, 5.41) is 9.17. The van der Waals surface area contributed by atoms with E-state index in [1.165, 1.54) is 25.1 Å². The van der Waals surface area contributed by atoms with Crippen molar-refractivity contribution in [2.45, 2.75) is 45.6 Å². The molecule has 0 bridgehead atoms. The normalized spacial score (nSPS) is 12.2. The fourth-order valence-electron chi connectivity index (χ4n) is 3.42. The number of methoxy groups -OCH3 is 1. The molecule has 2 aromatic rings. The fourth-order valence-corrected chi connectivity index (χ4v) is 3.42. The van der Waals surface area contributed by atoms with E-state index in [0.29, 0.717) is 30.3 Å². The maximum atomic E-state index is 12.1. The Morgan fingerprint density at radius 2 is 2.00 bits per heavy atom. The lowest BCUT2D eigenvalue weighted by Crippen LogP contribution is -2.22. The Kier molecular flexibility index (Phi) is 5.84. The number of aryl methyl sites for hydroxylation is 2. The summed E-state index contributed by atoms with van der Waals surface area (Å²) in [6, 6.07) is 5.25. The van der Waals surface area contributed by atoms with Gasteiger partial charge in [-0.25, -0.2) is 4.79 Å². The second-order valence-corrected chi connectivity index (χ2v) is 6.75. The van der Waals surface area contributed by atoms with E-state index in [-0.39, 0.29) is 5.56 Å². The predicted molar refractivity (Wildman–Crippen MR) is 103 cm³/mol. The van der Waals surface area contributed by atoms with Gasteiger partial charge in [0.1, 0.15) is 5.56 Å². The molecule has 1 aromatic heterocycles. The van der Waals surface area contributed by atoms with Crippen LogP contribution in [0.1, 0.15) is 48.5 Å². The number of pyridine rings is 1. The number of carboxylic acid groups (broad SMARTS) is 1. The Bertz CT molecular complexity index is 900. The van der Waals surface area contributed by atoms with Crippen LogP contribution in [-0.2, 0) is 13.0 Å². The standard InChI is InChI=1S/C21H25NO5/c1-3-4-5-6-9-27-20-10-14-7-8-22-13-16(21(24)25)18(23)12-17(22)15(14)11-19(20)26-2/h10-13H,3-9H2,1-2H3,(H,24,25). The van der Waals surface area contributed by atoms with E-state index in [0.717, 1.165) is 30.4 Å².